The third kappa shape index (κ3) is 2.65. The van der Waals surface area contributed by atoms with Crippen molar-refractivity contribution in [3.8, 4) is 11.5 Å². The van der Waals surface area contributed by atoms with E-state index < -0.39 is 24.1 Å². The van der Waals surface area contributed by atoms with Crippen LogP contribution in [-0.4, -0.2) is 61.3 Å². The highest BCUT2D eigenvalue weighted by molar-refractivity contribution is 5.40. The third-order valence-corrected chi connectivity index (χ3v) is 3.18. The van der Waals surface area contributed by atoms with Crippen LogP contribution in [0.3, 0.4) is 0 Å². The van der Waals surface area contributed by atoms with E-state index in [0.29, 0.717) is 5.56 Å². The van der Waals surface area contributed by atoms with Crippen LogP contribution in [0.2, 0.25) is 0 Å². The summed E-state index contributed by atoms with van der Waals surface area (Å²) < 4.78 is 4.99. The van der Waals surface area contributed by atoms with E-state index in [9.17, 15) is 30.6 Å². The Hall–Kier alpha value is -1.38. The highest BCUT2D eigenvalue weighted by atomic mass is 16.6. The summed E-state index contributed by atoms with van der Waals surface area (Å²) in [5.41, 5.74) is 0.389. The predicted molar refractivity (Wildman–Crippen MR) is 62.4 cm³/mol. The van der Waals surface area contributed by atoms with Crippen LogP contribution in [0, 0.1) is 0 Å². The second-order valence-corrected chi connectivity index (χ2v) is 4.66. The molecule has 1 aromatic rings. The Morgan fingerprint density at radius 3 is 2.47 bits per heavy atom. The molecule has 1 aliphatic heterocycles. The molecule has 1 heterocycles. The molecule has 106 valence electrons. The van der Waals surface area contributed by atoms with Crippen LogP contribution < -0.4 is 0 Å². The van der Waals surface area contributed by atoms with Crippen molar-refractivity contribution in [2.24, 2.45) is 0 Å². The summed E-state index contributed by atoms with van der Waals surface area (Å²) in [5, 5.41) is 57.3. The van der Waals surface area contributed by atoms with Crippen LogP contribution in [0.15, 0.2) is 18.2 Å². The summed E-state index contributed by atoms with van der Waals surface area (Å²) in [7, 11) is 0. The van der Waals surface area contributed by atoms with Crippen molar-refractivity contribution in [1.29, 1.82) is 0 Å². The fourth-order valence-electron chi connectivity index (χ4n) is 2.02. The Morgan fingerprint density at radius 1 is 1.16 bits per heavy atom. The van der Waals surface area contributed by atoms with Crippen LogP contribution >= 0.6 is 0 Å². The number of aromatic hydroxyl groups is 2. The Balaban J connectivity index is 2.18. The molecular weight excluding hydrogens is 256 g/mol. The van der Waals surface area contributed by atoms with E-state index in [-0.39, 0.29) is 24.5 Å². The summed E-state index contributed by atoms with van der Waals surface area (Å²) in [6, 6.07) is 3.87. The van der Waals surface area contributed by atoms with Gasteiger partial charge < -0.3 is 35.4 Å². The molecule has 6 N–H and O–H groups in total. The number of phenolic OH excluding ortho intramolecular Hbond substituents is 2. The quantitative estimate of drug-likeness (QED) is 0.359. The van der Waals surface area contributed by atoms with E-state index in [4.69, 9.17) is 4.74 Å². The standard InChI is InChI=1S/C12H16O7/c13-7-2-1-6(3-8(7)14)4-12(18)11(17)10(16)9(15)5-19-12/h1-3,9-11,13-18H,4-5H2/t9-,10+,11+,12+/m0/s1. The second-order valence-electron chi connectivity index (χ2n) is 4.66. The van der Waals surface area contributed by atoms with Crippen molar-refractivity contribution < 1.29 is 35.4 Å². The van der Waals surface area contributed by atoms with E-state index in [1.807, 2.05) is 0 Å². The van der Waals surface area contributed by atoms with Crippen molar-refractivity contribution in [3.63, 3.8) is 0 Å². The minimum atomic E-state index is -2.07. The average molecular weight is 272 g/mol. The first kappa shape index (κ1) is 14.0. The molecule has 4 atom stereocenters. The van der Waals surface area contributed by atoms with Gasteiger partial charge >= 0.3 is 0 Å². The van der Waals surface area contributed by atoms with Crippen molar-refractivity contribution in [3.05, 3.63) is 23.8 Å². The van der Waals surface area contributed by atoms with Gasteiger partial charge in [0.1, 0.15) is 18.3 Å². The van der Waals surface area contributed by atoms with Gasteiger partial charge in [-0.05, 0) is 17.7 Å². The first-order valence-corrected chi connectivity index (χ1v) is 5.75. The zero-order valence-corrected chi connectivity index (χ0v) is 9.97. The highest BCUT2D eigenvalue weighted by Gasteiger charge is 2.48. The molecule has 0 aliphatic carbocycles. The van der Waals surface area contributed by atoms with Crippen LogP contribution in [0.4, 0.5) is 0 Å². The van der Waals surface area contributed by atoms with Gasteiger partial charge in [0.2, 0.25) is 0 Å². The van der Waals surface area contributed by atoms with Crippen LogP contribution in [0.1, 0.15) is 5.56 Å². The highest BCUT2D eigenvalue weighted by Crippen LogP contribution is 2.31. The molecular formula is C12H16O7. The lowest BCUT2D eigenvalue weighted by Gasteiger charge is -2.41. The van der Waals surface area contributed by atoms with Gasteiger partial charge in [0.15, 0.2) is 17.3 Å². The lowest BCUT2D eigenvalue weighted by atomic mass is 9.91. The zero-order chi connectivity index (χ0) is 14.2. The second kappa shape index (κ2) is 4.95. The molecule has 0 spiro atoms. The number of phenols is 2. The first-order chi connectivity index (χ1) is 8.83. The number of rotatable bonds is 2. The monoisotopic (exact) mass is 272 g/mol. The molecule has 19 heavy (non-hydrogen) atoms. The van der Waals surface area contributed by atoms with Crippen LogP contribution in [0.5, 0.6) is 11.5 Å². The number of aliphatic hydroxyl groups excluding tert-OH is 3. The molecule has 2 rings (SSSR count). The molecule has 1 aromatic carbocycles. The van der Waals surface area contributed by atoms with Gasteiger partial charge in [-0.1, -0.05) is 6.07 Å². The summed E-state index contributed by atoms with van der Waals surface area (Å²) in [6.07, 6.45) is -4.70. The number of ether oxygens (including phenoxy) is 1. The number of aliphatic hydroxyl groups is 4. The molecule has 0 amide bonds. The molecule has 0 saturated carbocycles. The van der Waals surface area contributed by atoms with E-state index >= 15 is 0 Å². The maximum atomic E-state index is 10.2. The van der Waals surface area contributed by atoms with Crippen molar-refractivity contribution in [2.75, 3.05) is 6.61 Å². The predicted octanol–water partition coefficient (Wildman–Crippen LogP) is -1.56. The fourth-order valence-corrected chi connectivity index (χ4v) is 2.02. The minimum Gasteiger partial charge on any atom is -0.504 e. The van der Waals surface area contributed by atoms with Gasteiger partial charge in [-0.25, -0.2) is 0 Å². The maximum absolute atomic E-state index is 10.2. The summed E-state index contributed by atoms with van der Waals surface area (Å²) in [4.78, 5) is 0. The van der Waals surface area contributed by atoms with E-state index in [1.165, 1.54) is 18.2 Å². The summed E-state index contributed by atoms with van der Waals surface area (Å²) in [5.74, 6) is -2.74. The van der Waals surface area contributed by atoms with Gasteiger partial charge in [0.05, 0.1) is 6.61 Å². The molecule has 0 unspecified atom stereocenters. The van der Waals surface area contributed by atoms with Gasteiger partial charge in [0.25, 0.3) is 0 Å². The van der Waals surface area contributed by atoms with Gasteiger partial charge in [-0.2, -0.15) is 0 Å². The molecule has 1 aliphatic rings. The SMILES string of the molecule is Oc1ccc(C[C@@]2(O)OC[C@H](O)[C@@H](O)[C@H]2O)cc1O. The molecule has 0 radical (unpaired) electrons. The summed E-state index contributed by atoms with van der Waals surface area (Å²) in [6.45, 7) is -0.321. The van der Waals surface area contributed by atoms with Crippen molar-refractivity contribution in [1.82, 2.24) is 0 Å². The molecule has 0 bridgehead atoms. The molecule has 1 fully saturated rings. The normalized spacial score (nSPS) is 35.3. The Kier molecular flexibility index (Phi) is 3.66. The molecule has 7 nitrogen and oxygen atoms in total. The molecule has 7 heteroatoms. The Morgan fingerprint density at radius 2 is 1.84 bits per heavy atom. The topological polar surface area (TPSA) is 131 Å². The first-order valence-electron chi connectivity index (χ1n) is 5.75. The minimum absolute atomic E-state index is 0.216. The number of hydrogen-bond donors (Lipinski definition) is 6. The van der Waals surface area contributed by atoms with Gasteiger partial charge in [-0.3, -0.25) is 0 Å². The lowest BCUT2D eigenvalue weighted by molar-refractivity contribution is -0.320. The number of benzene rings is 1. The van der Waals surface area contributed by atoms with Gasteiger partial charge in [0, 0.05) is 6.42 Å². The lowest BCUT2D eigenvalue weighted by Crippen LogP contribution is -2.61. The Labute approximate surface area is 108 Å². The van der Waals surface area contributed by atoms with Crippen molar-refractivity contribution in [2.45, 2.75) is 30.5 Å². The number of hydrogen-bond acceptors (Lipinski definition) is 7. The molecule has 0 aromatic heterocycles. The largest absolute Gasteiger partial charge is 0.504 e. The third-order valence-electron chi connectivity index (χ3n) is 3.18. The van der Waals surface area contributed by atoms with E-state index in [2.05, 4.69) is 0 Å². The smallest absolute Gasteiger partial charge is 0.198 e. The maximum Gasteiger partial charge on any atom is 0.198 e. The Bertz CT molecular complexity index is 463. The van der Waals surface area contributed by atoms with Crippen LogP contribution in [-0.2, 0) is 11.2 Å². The zero-order valence-electron chi connectivity index (χ0n) is 9.97. The van der Waals surface area contributed by atoms with E-state index in [1.54, 1.807) is 0 Å². The fraction of sp³-hybridized carbons (Fsp3) is 0.500. The summed E-state index contributed by atoms with van der Waals surface area (Å²) >= 11 is 0. The van der Waals surface area contributed by atoms with Gasteiger partial charge in [-0.15, -0.1) is 0 Å². The average Bonchev–Trinajstić information content (AvgIpc) is 2.37. The van der Waals surface area contributed by atoms with Crippen LogP contribution in [0.25, 0.3) is 0 Å². The van der Waals surface area contributed by atoms with Crippen molar-refractivity contribution >= 4 is 0 Å². The van der Waals surface area contributed by atoms with E-state index in [0.717, 1.165) is 0 Å². The molecule has 1 saturated heterocycles.